The highest BCUT2D eigenvalue weighted by Gasteiger charge is 2.43. The van der Waals surface area contributed by atoms with Gasteiger partial charge in [0.05, 0.1) is 0 Å². The first-order valence-corrected chi connectivity index (χ1v) is 10.0. The van der Waals surface area contributed by atoms with E-state index < -0.39 is 17.8 Å². The molecule has 8 heteroatoms. The van der Waals surface area contributed by atoms with Crippen LogP contribution in [0.15, 0.2) is 36.4 Å². The van der Waals surface area contributed by atoms with E-state index in [1.807, 2.05) is 23.3 Å². The number of H-pyrrole nitrogens is 1. The molecule has 0 bridgehead atoms. The molecule has 156 valence electrons. The van der Waals surface area contributed by atoms with Gasteiger partial charge in [0.15, 0.2) is 5.69 Å². The molecule has 3 heterocycles. The van der Waals surface area contributed by atoms with Crippen LogP contribution in [0.5, 0.6) is 0 Å². The number of amides is 1. The van der Waals surface area contributed by atoms with Gasteiger partial charge in [0.25, 0.3) is 5.91 Å². The Labute approximate surface area is 167 Å². The molecule has 29 heavy (non-hydrogen) atoms. The lowest BCUT2D eigenvalue weighted by atomic mass is 9.79. The van der Waals surface area contributed by atoms with Gasteiger partial charge >= 0.3 is 6.18 Å². The number of hydrogen-bond donors (Lipinski definition) is 1. The molecule has 1 aromatic heterocycles. The molecule has 2 aromatic rings. The van der Waals surface area contributed by atoms with E-state index in [0.29, 0.717) is 13.1 Å². The summed E-state index contributed by atoms with van der Waals surface area (Å²) in [5.41, 5.74) is 0.202. The van der Waals surface area contributed by atoms with Crippen molar-refractivity contribution in [3.8, 4) is 0 Å². The van der Waals surface area contributed by atoms with Crippen LogP contribution >= 0.6 is 0 Å². The number of halogens is 3. The SMILES string of the molecule is O=C(c1cc(C(F)(F)F)[nH]n1)N1CC[C@@]2(CCCN(CCc3ccccc3)C2)C1. The van der Waals surface area contributed by atoms with Crippen LogP contribution in [-0.2, 0) is 12.6 Å². The lowest BCUT2D eigenvalue weighted by Gasteiger charge is -2.40. The molecular weight excluding hydrogens is 381 g/mol. The first-order valence-electron chi connectivity index (χ1n) is 10.0. The molecule has 0 unspecified atom stereocenters. The van der Waals surface area contributed by atoms with Gasteiger partial charge in [0.1, 0.15) is 5.69 Å². The lowest BCUT2D eigenvalue weighted by Crippen LogP contribution is -2.46. The van der Waals surface area contributed by atoms with Crippen molar-refractivity contribution >= 4 is 5.91 Å². The van der Waals surface area contributed by atoms with E-state index in [-0.39, 0.29) is 11.1 Å². The highest BCUT2D eigenvalue weighted by molar-refractivity contribution is 5.92. The van der Waals surface area contributed by atoms with E-state index in [0.717, 1.165) is 51.4 Å². The number of nitrogens with zero attached hydrogens (tertiary/aromatic N) is 3. The molecule has 2 aliphatic heterocycles. The molecule has 4 rings (SSSR count). The van der Waals surface area contributed by atoms with E-state index in [4.69, 9.17) is 0 Å². The van der Waals surface area contributed by atoms with Crippen LogP contribution in [-0.4, -0.2) is 58.6 Å². The quantitative estimate of drug-likeness (QED) is 0.844. The predicted molar refractivity (Wildman–Crippen MR) is 102 cm³/mol. The topological polar surface area (TPSA) is 52.2 Å². The smallest absolute Gasteiger partial charge is 0.337 e. The highest BCUT2D eigenvalue weighted by Crippen LogP contribution is 2.39. The summed E-state index contributed by atoms with van der Waals surface area (Å²) in [6, 6.07) is 11.2. The molecule has 1 atom stereocenters. The minimum Gasteiger partial charge on any atom is -0.337 e. The normalized spacial score (nSPS) is 23.1. The summed E-state index contributed by atoms with van der Waals surface area (Å²) in [6.07, 6.45) is -0.519. The van der Waals surface area contributed by atoms with Crippen molar-refractivity contribution in [1.82, 2.24) is 20.0 Å². The fourth-order valence-corrected chi connectivity index (χ4v) is 4.61. The summed E-state index contributed by atoms with van der Waals surface area (Å²) in [6.45, 7) is 4.12. The van der Waals surface area contributed by atoms with Crippen molar-refractivity contribution in [2.45, 2.75) is 31.9 Å². The van der Waals surface area contributed by atoms with Crippen LogP contribution in [0.1, 0.15) is 41.0 Å². The lowest BCUT2D eigenvalue weighted by molar-refractivity contribution is -0.141. The zero-order valence-electron chi connectivity index (χ0n) is 16.2. The average molecular weight is 406 g/mol. The van der Waals surface area contributed by atoms with Crippen molar-refractivity contribution < 1.29 is 18.0 Å². The van der Waals surface area contributed by atoms with Gasteiger partial charge in [-0.15, -0.1) is 0 Å². The Morgan fingerprint density at radius 2 is 1.93 bits per heavy atom. The van der Waals surface area contributed by atoms with Crippen LogP contribution in [0.4, 0.5) is 13.2 Å². The summed E-state index contributed by atoms with van der Waals surface area (Å²) in [5.74, 6) is -0.421. The van der Waals surface area contributed by atoms with Gasteiger partial charge in [-0.25, -0.2) is 0 Å². The maximum absolute atomic E-state index is 12.8. The first kappa shape index (κ1) is 19.9. The summed E-state index contributed by atoms with van der Waals surface area (Å²) >= 11 is 0. The first-order chi connectivity index (χ1) is 13.8. The Kier molecular flexibility index (Phi) is 5.38. The molecule has 0 radical (unpaired) electrons. The van der Waals surface area contributed by atoms with E-state index in [2.05, 4.69) is 22.1 Å². The van der Waals surface area contributed by atoms with Crippen molar-refractivity contribution in [2.75, 3.05) is 32.7 Å². The molecule has 2 fully saturated rings. The average Bonchev–Trinajstić information content (AvgIpc) is 3.35. The van der Waals surface area contributed by atoms with Crippen molar-refractivity contribution in [3.05, 3.63) is 53.3 Å². The van der Waals surface area contributed by atoms with Crippen molar-refractivity contribution in [1.29, 1.82) is 0 Å². The molecule has 1 N–H and O–H groups in total. The second-order valence-electron chi connectivity index (χ2n) is 8.26. The zero-order valence-corrected chi connectivity index (χ0v) is 16.2. The third-order valence-electron chi connectivity index (χ3n) is 6.13. The number of nitrogens with one attached hydrogen (secondary N) is 1. The Bertz CT molecular complexity index is 851. The maximum atomic E-state index is 12.8. The standard InChI is InChI=1S/C21H25F3N4O/c22-21(23,24)18-13-17(25-26-18)19(29)28-12-9-20(15-28)8-4-10-27(14-20)11-7-16-5-2-1-3-6-16/h1-3,5-6,13H,4,7-12,14-15H2,(H,25,26)/t20-/m1/s1. The molecule has 2 saturated heterocycles. The van der Waals surface area contributed by atoms with E-state index in [9.17, 15) is 18.0 Å². The number of aromatic amines is 1. The number of benzene rings is 1. The second-order valence-corrected chi connectivity index (χ2v) is 8.26. The van der Waals surface area contributed by atoms with Crippen molar-refractivity contribution in [3.63, 3.8) is 0 Å². The summed E-state index contributed by atoms with van der Waals surface area (Å²) in [7, 11) is 0. The van der Waals surface area contributed by atoms with Crippen LogP contribution in [0.3, 0.4) is 0 Å². The second kappa shape index (κ2) is 7.82. The highest BCUT2D eigenvalue weighted by atomic mass is 19.4. The minimum atomic E-state index is -4.53. The Morgan fingerprint density at radius 3 is 2.66 bits per heavy atom. The third-order valence-corrected chi connectivity index (χ3v) is 6.13. The molecule has 1 amide bonds. The van der Waals surface area contributed by atoms with E-state index in [1.165, 1.54) is 5.56 Å². The number of aromatic nitrogens is 2. The number of carbonyl (C=O) groups excluding carboxylic acids is 1. The molecule has 2 aliphatic rings. The van der Waals surface area contributed by atoms with Gasteiger partial charge in [-0.05, 0) is 37.8 Å². The Morgan fingerprint density at radius 1 is 1.14 bits per heavy atom. The third kappa shape index (κ3) is 4.47. The zero-order chi connectivity index (χ0) is 20.5. The Hall–Kier alpha value is -2.35. The number of rotatable bonds is 4. The Balaban J connectivity index is 1.36. The maximum Gasteiger partial charge on any atom is 0.432 e. The predicted octanol–water partition coefficient (Wildman–Crippen LogP) is 3.60. The number of piperidine rings is 1. The monoisotopic (exact) mass is 406 g/mol. The molecule has 0 aliphatic carbocycles. The summed E-state index contributed by atoms with van der Waals surface area (Å²) in [5, 5.41) is 5.52. The van der Waals surface area contributed by atoms with Crippen LogP contribution in [0.25, 0.3) is 0 Å². The summed E-state index contributed by atoms with van der Waals surface area (Å²) < 4.78 is 38.3. The van der Waals surface area contributed by atoms with Gasteiger partial charge in [0.2, 0.25) is 0 Å². The molecule has 1 spiro atoms. The van der Waals surface area contributed by atoms with Crippen LogP contribution < -0.4 is 0 Å². The molecule has 1 aromatic carbocycles. The molecule has 5 nitrogen and oxygen atoms in total. The van der Waals surface area contributed by atoms with Crippen molar-refractivity contribution in [2.24, 2.45) is 5.41 Å². The van der Waals surface area contributed by atoms with E-state index in [1.54, 1.807) is 4.90 Å². The van der Waals surface area contributed by atoms with Gasteiger partial charge in [-0.2, -0.15) is 18.3 Å². The fraction of sp³-hybridized carbons (Fsp3) is 0.524. The number of hydrogen-bond acceptors (Lipinski definition) is 3. The van der Waals surface area contributed by atoms with E-state index >= 15 is 0 Å². The van der Waals surface area contributed by atoms with Gasteiger partial charge in [-0.3, -0.25) is 9.89 Å². The minimum absolute atomic E-state index is 0.0355. The van der Waals surface area contributed by atoms with Gasteiger partial charge < -0.3 is 9.80 Å². The molecular formula is C21H25F3N4O. The number of alkyl halides is 3. The van der Waals surface area contributed by atoms with Crippen LogP contribution in [0.2, 0.25) is 0 Å². The van der Waals surface area contributed by atoms with Crippen LogP contribution in [0, 0.1) is 5.41 Å². The molecule has 0 saturated carbocycles. The summed E-state index contributed by atoms with van der Waals surface area (Å²) in [4.78, 5) is 16.8. The number of carbonyl (C=O) groups is 1. The number of likely N-dealkylation sites (tertiary alicyclic amines) is 2. The largest absolute Gasteiger partial charge is 0.432 e. The fourth-order valence-electron chi connectivity index (χ4n) is 4.61. The van der Waals surface area contributed by atoms with Gasteiger partial charge in [-0.1, -0.05) is 30.3 Å². The van der Waals surface area contributed by atoms with Gasteiger partial charge in [0, 0.05) is 37.7 Å².